The Hall–Kier alpha value is -2.39. The molecule has 0 unspecified atom stereocenters. The van der Waals surface area contributed by atoms with Crippen molar-refractivity contribution in [3.63, 3.8) is 0 Å². The summed E-state index contributed by atoms with van der Waals surface area (Å²) in [4.78, 5) is 26.0. The zero-order valence-corrected chi connectivity index (χ0v) is 18.8. The topological polar surface area (TPSA) is 99.0 Å². The van der Waals surface area contributed by atoms with Crippen molar-refractivity contribution in [2.24, 2.45) is 0 Å². The second-order valence-corrected chi connectivity index (χ2v) is 7.32. The first-order chi connectivity index (χ1) is 14.9. The number of benzene rings is 1. The van der Waals surface area contributed by atoms with E-state index in [1.165, 1.54) is 25.0 Å². The maximum Gasteiger partial charge on any atom is 0.272 e. The molecule has 0 saturated carbocycles. The average molecular weight is 453 g/mol. The molecular weight excluding hydrogens is 424 g/mol. The quantitative estimate of drug-likeness (QED) is 0.379. The molecule has 1 heterocycles. The highest BCUT2D eigenvalue weighted by Crippen LogP contribution is 2.18. The lowest BCUT2D eigenvalue weighted by Crippen LogP contribution is -2.33. The summed E-state index contributed by atoms with van der Waals surface area (Å²) in [6.07, 6.45) is 2.33. The molecule has 31 heavy (non-hydrogen) atoms. The maximum absolute atomic E-state index is 13.2. The molecule has 2 rings (SSSR count). The number of rotatable bonds is 12. The summed E-state index contributed by atoms with van der Waals surface area (Å²) in [6.45, 7) is 2.10. The number of amides is 1. The number of nitrogens with one attached hydrogen (secondary N) is 1. The van der Waals surface area contributed by atoms with Gasteiger partial charge in [-0.3, -0.25) is 9.59 Å². The normalized spacial score (nSPS) is 11.0. The fourth-order valence-electron chi connectivity index (χ4n) is 2.96. The highest BCUT2D eigenvalue weighted by Gasteiger charge is 2.24. The SMILES string of the molecule is CCCCOc1c(C(=O)NCc2cccc(Cl)c2)n(CC(OC)OC)cc(CO)c1=O. The fourth-order valence-corrected chi connectivity index (χ4v) is 3.17. The van der Waals surface area contributed by atoms with Crippen molar-refractivity contribution >= 4 is 17.5 Å². The second-order valence-electron chi connectivity index (χ2n) is 6.89. The highest BCUT2D eigenvalue weighted by atomic mass is 35.5. The number of carbonyl (C=O) groups is 1. The second kappa shape index (κ2) is 12.5. The van der Waals surface area contributed by atoms with Crippen LogP contribution in [0.25, 0.3) is 0 Å². The number of aromatic nitrogens is 1. The average Bonchev–Trinajstić information content (AvgIpc) is 2.77. The minimum absolute atomic E-state index is 0.0411. The van der Waals surface area contributed by atoms with Crippen LogP contribution in [0.15, 0.2) is 35.3 Å². The number of ether oxygens (including phenoxy) is 3. The molecule has 2 aromatic rings. The Labute approximate surface area is 186 Å². The number of hydrogen-bond donors (Lipinski definition) is 2. The van der Waals surface area contributed by atoms with Crippen molar-refractivity contribution in [2.45, 2.75) is 45.8 Å². The third kappa shape index (κ3) is 6.80. The van der Waals surface area contributed by atoms with Crippen LogP contribution in [-0.4, -0.2) is 42.7 Å². The molecule has 0 aliphatic heterocycles. The predicted octanol–water partition coefficient (Wildman–Crippen LogP) is 2.72. The van der Waals surface area contributed by atoms with Gasteiger partial charge in [0.15, 0.2) is 17.7 Å². The summed E-state index contributed by atoms with van der Waals surface area (Å²) in [5.74, 6) is -0.603. The first-order valence-corrected chi connectivity index (χ1v) is 10.4. The molecule has 8 nitrogen and oxygen atoms in total. The minimum Gasteiger partial charge on any atom is -0.487 e. The Balaban J connectivity index is 2.46. The van der Waals surface area contributed by atoms with Gasteiger partial charge in [0.1, 0.15) is 0 Å². The predicted molar refractivity (Wildman–Crippen MR) is 117 cm³/mol. The van der Waals surface area contributed by atoms with Crippen LogP contribution in [0.3, 0.4) is 0 Å². The third-order valence-electron chi connectivity index (χ3n) is 4.66. The van der Waals surface area contributed by atoms with E-state index in [0.717, 1.165) is 12.0 Å². The van der Waals surface area contributed by atoms with E-state index in [0.29, 0.717) is 11.4 Å². The fraction of sp³-hybridized carbons (Fsp3) is 0.455. The van der Waals surface area contributed by atoms with E-state index < -0.39 is 24.2 Å². The molecule has 1 amide bonds. The highest BCUT2D eigenvalue weighted by molar-refractivity contribution is 6.30. The Morgan fingerprint density at radius 2 is 2.03 bits per heavy atom. The summed E-state index contributed by atoms with van der Waals surface area (Å²) >= 11 is 6.01. The van der Waals surface area contributed by atoms with Gasteiger partial charge in [-0.15, -0.1) is 0 Å². The molecule has 0 spiro atoms. The summed E-state index contributed by atoms with van der Waals surface area (Å²) < 4.78 is 17.7. The van der Waals surface area contributed by atoms with Gasteiger partial charge in [-0.05, 0) is 24.1 Å². The Bertz CT molecular complexity index is 927. The zero-order valence-electron chi connectivity index (χ0n) is 18.0. The van der Waals surface area contributed by atoms with Crippen molar-refractivity contribution in [3.8, 4) is 5.75 Å². The molecule has 0 aliphatic rings. The van der Waals surface area contributed by atoms with Gasteiger partial charge in [0.2, 0.25) is 5.43 Å². The van der Waals surface area contributed by atoms with Crippen molar-refractivity contribution < 1.29 is 24.1 Å². The van der Waals surface area contributed by atoms with Crippen LogP contribution in [0.5, 0.6) is 5.75 Å². The lowest BCUT2D eigenvalue weighted by atomic mass is 10.2. The summed E-state index contributed by atoms with van der Waals surface area (Å²) in [5, 5.41) is 13.0. The molecule has 0 bridgehead atoms. The molecule has 0 radical (unpaired) electrons. The number of hydrogen-bond acceptors (Lipinski definition) is 6. The van der Waals surface area contributed by atoms with Crippen LogP contribution in [0.1, 0.15) is 41.4 Å². The third-order valence-corrected chi connectivity index (χ3v) is 4.89. The van der Waals surface area contributed by atoms with Crippen molar-refractivity contribution in [1.82, 2.24) is 9.88 Å². The van der Waals surface area contributed by atoms with Gasteiger partial charge in [0.05, 0.1) is 19.8 Å². The number of methoxy groups -OCH3 is 2. The Morgan fingerprint density at radius 3 is 2.65 bits per heavy atom. The van der Waals surface area contributed by atoms with E-state index in [4.69, 9.17) is 25.8 Å². The molecular formula is C22H29ClN2O6. The van der Waals surface area contributed by atoms with Crippen molar-refractivity contribution in [2.75, 3.05) is 20.8 Å². The minimum atomic E-state index is -0.669. The molecule has 0 fully saturated rings. The molecule has 9 heteroatoms. The van der Waals surface area contributed by atoms with E-state index in [9.17, 15) is 14.7 Å². The number of nitrogens with zero attached hydrogens (tertiary/aromatic N) is 1. The largest absolute Gasteiger partial charge is 0.487 e. The van der Waals surface area contributed by atoms with Crippen molar-refractivity contribution in [1.29, 1.82) is 0 Å². The monoisotopic (exact) mass is 452 g/mol. The summed E-state index contributed by atoms with van der Waals surface area (Å²) in [5.41, 5.74) is 0.444. The molecule has 170 valence electrons. The number of aliphatic hydroxyl groups excluding tert-OH is 1. The van der Waals surface area contributed by atoms with Gasteiger partial charge in [0.25, 0.3) is 5.91 Å². The van der Waals surface area contributed by atoms with Gasteiger partial charge in [-0.2, -0.15) is 0 Å². The number of halogens is 1. The van der Waals surface area contributed by atoms with Gasteiger partial charge in [-0.25, -0.2) is 0 Å². The zero-order chi connectivity index (χ0) is 22.8. The van der Waals surface area contributed by atoms with Crippen LogP contribution < -0.4 is 15.5 Å². The Morgan fingerprint density at radius 1 is 1.29 bits per heavy atom. The first-order valence-electron chi connectivity index (χ1n) is 10.0. The van der Waals surface area contributed by atoms with Crippen LogP contribution in [0.4, 0.5) is 0 Å². The first kappa shape index (κ1) is 24.9. The van der Waals surface area contributed by atoms with Crippen LogP contribution in [0.2, 0.25) is 5.02 Å². The lowest BCUT2D eigenvalue weighted by molar-refractivity contribution is -0.111. The van der Waals surface area contributed by atoms with E-state index in [1.807, 2.05) is 13.0 Å². The molecule has 0 atom stereocenters. The lowest BCUT2D eigenvalue weighted by Gasteiger charge is -2.22. The summed E-state index contributed by atoms with van der Waals surface area (Å²) in [6, 6.07) is 7.11. The number of aliphatic hydroxyl groups is 1. The van der Waals surface area contributed by atoms with Gasteiger partial charge in [-0.1, -0.05) is 37.1 Å². The smallest absolute Gasteiger partial charge is 0.272 e. The summed E-state index contributed by atoms with van der Waals surface area (Å²) in [7, 11) is 2.95. The van der Waals surface area contributed by atoms with Gasteiger partial charge in [0, 0.05) is 37.5 Å². The van der Waals surface area contributed by atoms with E-state index in [2.05, 4.69) is 5.32 Å². The van der Waals surface area contributed by atoms with Crippen LogP contribution >= 0.6 is 11.6 Å². The number of carbonyl (C=O) groups excluding carboxylic acids is 1. The molecule has 1 aromatic carbocycles. The van der Waals surface area contributed by atoms with Crippen LogP contribution in [0, 0.1) is 0 Å². The maximum atomic E-state index is 13.2. The molecule has 0 aliphatic carbocycles. The molecule has 0 saturated heterocycles. The van der Waals surface area contributed by atoms with E-state index in [-0.39, 0.29) is 36.7 Å². The van der Waals surface area contributed by atoms with Crippen LogP contribution in [-0.2, 0) is 29.2 Å². The van der Waals surface area contributed by atoms with E-state index >= 15 is 0 Å². The standard InChI is InChI=1S/C22H29ClN2O6/c1-4-5-9-31-21-19(22(28)24-11-15-7-6-8-17(23)10-15)25(13-18(29-2)30-3)12-16(14-26)20(21)27/h6-8,10,12,18,26H,4-5,9,11,13-14H2,1-3H3,(H,24,28). The van der Waals surface area contributed by atoms with Gasteiger partial charge >= 0.3 is 0 Å². The van der Waals surface area contributed by atoms with Crippen molar-refractivity contribution in [3.05, 3.63) is 62.5 Å². The molecule has 1 aromatic heterocycles. The van der Waals surface area contributed by atoms with E-state index in [1.54, 1.807) is 18.2 Å². The molecule has 2 N–H and O–H groups in total. The number of unbranched alkanes of at least 4 members (excludes halogenated alkanes) is 1. The van der Waals surface area contributed by atoms with Gasteiger partial charge < -0.3 is 29.2 Å². The Kier molecular flexibility index (Phi) is 10.00. The number of pyridine rings is 1.